The SMILES string of the molecule is C=CC(=O)OCCc1ccc(OC(=O)/C=C/c2ccc(C(/C=C\C(=C)OC(=O)C=C)=C/C)cc2)cc1. The second-order valence-corrected chi connectivity index (χ2v) is 7.31. The van der Waals surface area contributed by atoms with Crippen LogP contribution in [0.5, 0.6) is 5.75 Å². The lowest BCUT2D eigenvalue weighted by Crippen LogP contribution is -2.05. The molecule has 0 spiro atoms. The Hall–Kier alpha value is -4.71. The Labute approximate surface area is 211 Å². The Morgan fingerprint density at radius 3 is 2.11 bits per heavy atom. The first kappa shape index (κ1) is 27.5. The molecule has 0 heterocycles. The summed E-state index contributed by atoms with van der Waals surface area (Å²) in [5.41, 5.74) is 3.61. The highest BCUT2D eigenvalue weighted by Crippen LogP contribution is 2.19. The lowest BCUT2D eigenvalue weighted by Gasteiger charge is -2.05. The van der Waals surface area contributed by atoms with Gasteiger partial charge in [0.25, 0.3) is 0 Å². The standard InChI is InChI=1S/C30H28O6/c1-5-25(14-8-22(4)35-29(32)7-3)26-15-9-23(10-16-26)13-19-30(33)36-27-17-11-24(12-18-27)20-21-34-28(31)6-2/h5-19H,2-4,20-21H2,1H3/b14-8-,19-13+,25-5+. The lowest BCUT2D eigenvalue weighted by molar-refractivity contribution is -0.137. The monoisotopic (exact) mass is 484 g/mol. The Morgan fingerprint density at radius 1 is 0.833 bits per heavy atom. The van der Waals surface area contributed by atoms with Crippen LogP contribution in [0.3, 0.4) is 0 Å². The van der Waals surface area contributed by atoms with Crippen molar-refractivity contribution in [1.29, 1.82) is 0 Å². The maximum atomic E-state index is 12.2. The van der Waals surface area contributed by atoms with E-state index in [-0.39, 0.29) is 12.4 Å². The van der Waals surface area contributed by atoms with Gasteiger partial charge in [-0.3, -0.25) is 0 Å². The van der Waals surface area contributed by atoms with Crippen molar-refractivity contribution in [2.24, 2.45) is 0 Å². The van der Waals surface area contributed by atoms with Crippen LogP contribution in [0.15, 0.2) is 110 Å². The first-order chi connectivity index (χ1) is 17.3. The molecule has 0 amide bonds. The third kappa shape index (κ3) is 9.65. The zero-order valence-corrected chi connectivity index (χ0v) is 20.1. The summed E-state index contributed by atoms with van der Waals surface area (Å²) in [7, 11) is 0. The van der Waals surface area contributed by atoms with Crippen LogP contribution in [0.4, 0.5) is 0 Å². The molecule has 0 aliphatic carbocycles. The van der Waals surface area contributed by atoms with E-state index in [9.17, 15) is 14.4 Å². The van der Waals surface area contributed by atoms with Crippen molar-refractivity contribution >= 4 is 29.6 Å². The predicted octanol–water partition coefficient (Wildman–Crippen LogP) is 5.78. The van der Waals surface area contributed by atoms with Crippen molar-refractivity contribution in [2.45, 2.75) is 13.3 Å². The maximum absolute atomic E-state index is 12.2. The van der Waals surface area contributed by atoms with Crippen molar-refractivity contribution in [1.82, 2.24) is 0 Å². The third-order valence-corrected chi connectivity index (χ3v) is 4.76. The fourth-order valence-electron chi connectivity index (χ4n) is 2.90. The van der Waals surface area contributed by atoms with Crippen molar-refractivity contribution < 1.29 is 28.6 Å². The molecular weight excluding hydrogens is 456 g/mol. The number of rotatable bonds is 12. The highest BCUT2D eigenvalue weighted by atomic mass is 16.5. The number of allylic oxidation sites excluding steroid dienone is 4. The lowest BCUT2D eigenvalue weighted by atomic mass is 10.0. The van der Waals surface area contributed by atoms with Crippen LogP contribution in [-0.2, 0) is 30.3 Å². The van der Waals surface area contributed by atoms with Crippen molar-refractivity contribution in [3.63, 3.8) is 0 Å². The summed E-state index contributed by atoms with van der Waals surface area (Å²) >= 11 is 0. The molecule has 0 aliphatic heterocycles. The minimum absolute atomic E-state index is 0.209. The average molecular weight is 485 g/mol. The normalized spacial score (nSPS) is 11.2. The topological polar surface area (TPSA) is 78.9 Å². The molecule has 0 fully saturated rings. The summed E-state index contributed by atoms with van der Waals surface area (Å²) in [6.45, 7) is 12.5. The molecule has 6 heteroatoms. The molecule has 0 aromatic heterocycles. The van der Waals surface area contributed by atoms with Gasteiger partial charge in [0.15, 0.2) is 0 Å². The number of esters is 3. The maximum Gasteiger partial charge on any atom is 0.336 e. The smallest absolute Gasteiger partial charge is 0.336 e. The molecule has 0 saturated carbocycles. The van der Waals surface area contributed by atoms with E-state index in [0.29, 0.717) is 12.2 Å². The number of hydrogen-bond acceptors (Lipinski definition) is 6. The van der Waals surface area contributed by atoms with Gasteiger partial charge < -0.3 is 14.2 Å². The quantitative estimate of drug-likeness (QED) is 0.125. The van der Waals surface area contributed by atoms with E-state index in [2.05, 4.69) is 19.7 Å². The summed E-state index contributed by atoms with van der Waals surface area (Å²) < 4.78 is 15.2. The van der Waals surface area contributed by atoms with E-state index in [1.54, 1.807) is 42.5 Å². The van der Waals surface area contributed by atoms with Crippen LogP contribution < -0.4 is 4.74 Å². The van der Waals surface area contributed by atoms with Crippen LogP contribution in [0.25, 0.3) is 11.6 Å². The van der Waals surface area contributed by atoms with Gasteiger partial charge in [-0.1, -0.05) is 68.3 Å². The molecule has 2 aromatic carbocycles. The Balaban J connectivity index is 1.90. The third-order valence-electron chi connectivity index (χ3n) is 4.76. The molecule has 6 nitrogen and oxygen atoms in total. The molecule has 2 rings (SSSR count). The fourth-order valence-corrected chi connectivity index (χ4v) is 2.90. The van der Waals surface area contributed by atoms with Gasteiger partial charge in [-0.25, -0.2) is 14.4 Å². The molecule has 0 N–H and O–H groups in total. The minimum atomic E-state index is -0.567. The van der Waals surface area contributed by atoms with Gasteiger partial charge in [0, 0.05) is 24.6 Å². The van der Waals surface area contributed by atoms with Crippen molar-refractivity contribution in [3.05, 3.63) is 127 Å². The van der Waals surface area contributed by atoms with Gasteiger partial charge in [0.2, 0.25) is 0 Å². The second kappa shape index (κ2) is 14.5. The van der Waals surface area contributed by atoms with E-state index in [0.717, 1.165) is 34.4 Å². The molecule has 0 atom stereocenters. The minimum Gasteiger partial charge on any atom is -0.462 e. The second-order valence-electron chi connectivity index (χ2n) is 7.31. The Kier molecular flexibility index (Phi) is 11.1. The summed E-state index contributed by atoms with van der Waals surface area (Å²) in [6, 6.07) is 14.5. The number of ether oxygens (including phenoxy) is 3. The zero-order chi connectivity index (χ0) is 26.3. The molecule has 184 valence electrons. The Morgan fingerprint density at radius 2 is 1.50 bits per heavy atom. The van der Waals surface area contributed by atoms with Gasteiger partial charge >= 0.3 is 17.9 Å². The molecule has 0 radical (unpaired) electrons. The highest BCUT2D eigenvalue weighted by molar-refractivity contribution is 5.89. The molecule has 0 unspecified atom stereocenters. The van der Waals surface area contributed by atoms with E-state index in [1.165, 1.54) is 6.08 Å². The van der Waals surface area contributed by atoms with Crippen LogP contribution in [-0.4, -0.2) is 24.5 Å². The van der Waals surface area contributed by atoms with Crippen LogP contribution in [0, 0.1) is 0 Å². The highest BCUT2D eigenvalue weighted by Gasteiger charge is 2.03. The fraction of sp³-hybridized carbons (Fsp3) is 0.100. The average Bonchev–Trinajstić information content (AvgIpc) is 2.89. The summed E-state index contributed by atoms with van der Waals surface area (Å²) in [5, 5.41) is 0. The van der Waals surface area contributed by atoms with Crippen LogP contribution >= 0.6 is 0 Å². The molecule has 0 aliphatic rings. The zero-order valence-electron chi connectivity index (χ0n) is 20.1. The first-order valence-electron chi connectivity index (χ1n) is 11.1. The van der Waals surface area contributed by atoms with E-state index in [4.69, 9.17) is 14.2 Å². The van der Waals surface area contributed by atoms with Crippen LogP contribution in [0.2, 0.25) is 0 Å². The molecule has 36 heavy (non-hydrogen) atoms. The van der Waals surface area contributed by atoms with Crippen molar-refractivity contribution in [3.8, 4) is 5.75 Å². The summed E-state index contributed by atoms with van der Waals surface area (Å²) in [4.78, 5) is 34.5. The van der Waals surface area contributed by atoms with E-state index < -0.39 is 17.9 Å². The first-order valence-corrected chi connectivity index (χ1v) is 11.1. The summed E-state index contributed by atoms with van der Waals surface area (Å²) in [6.07, 6.45) is 11.1. The molecule has 2 aromatic rings. The molecule has 0 bridgehead atoms. The number of carbonyl (C=O) groups excluding carboxylic acids is 3. The molecular formula is C30H28O6. The molecule has 0 saturated heterocycles. The van der Waals surface area contributed by atoms with E-state index in [1.807, 2.05) is 37.3 Å². The predicted molar refractivity (Wildman–Crippen MR) is 141 cm³/mol. The van der Waals surface area contributed by atoms with Gasteiger partial charge in [0.05, 0.1) is 6.61 Å². The Bertz CT molecular complexity index is 1200. The van der Waals surface area contributed by atoms with Crippen LogP contribution in [0.1, 0.15) is 23.6 Å². The van der Waals surface area contributed by atoms with Gasteiger partial charge in [-0.2, -0.15) is 0 Å². The van der Waals surface area contributed by atoms with Gasteiger partial charge in [-0.15, -0.1) is 0 Å². The number of benzene rings is 2. The number of carbonyl (C=O) groups is 3. The van der Waals surface area contributed by atoms with Crippen molar-refractivity contribution in [2.75, 3.05) is 6.61 Å². The van der Waals surface area contributed by atoms with Gasteiger partial charge in [-0.05, 0) is 53.5 Å². The van der Waals surface area contributed by atoms with Gasteiger partial charge in [0.1, 0.15) is 11.5 Å². The largest absolute Gasteiger partial charge is 0.462 e. The number of hydrogen-bond donors (Lipinski definition) is 0. The summed E-state index contributed by atoms with van der Waals surface area (Å²) in [5.74, 6) is -0.910. The van der Waals surface area contributed by atoms with E-state index >= 15 is 0 Å².